The molecule has 1 saturated carbocycles. The van der Waals surface area contributed by atoms with Crippen LogP contribution in [0.2, 0.25) is 0 Å². The van der Waals surface area contributed by atoms with Gasteiger partial charge in [0.2, 0.25) is 5.82 Å². The lowest BCUT2D eigenvalue weighted by Crippen LogP contribution is -2.39. The number of hydrogen-bond donors (Lipinski definition) is 3. The third-order valence-corrected chi connectivity index (χ3v) is 3.67. The fourth-order valence-corrected chi connectivity index (χ4v) is 2.22. The molecule has 0 bridgehead atoms. The van der Waals surface area contributed by atoms with Crippen LogP contribution in [-0.4, -0.2) is 40.3 Å². The summed E-state index contributed by atoms with van der Waals surface area (Å²) in [5.74, 6) is 3.69. The fraction of sp³-hybridized carbons (Fsp3) is 0.533. The van der Waals surface area contributed by atoms with Gasteiger partial charge in [-0.15, -0.1) is 24.0 Å². The van der Waals surface area contributed by atoms with E-state index in [4.69, 9.17) is 4.42 Å². The summed E-state index contributed by atoms with van der Waals surface area (Å²) in [4.78, 5) is 8.99. The van der Waals surface area contributed by atoms with E-state index in [9.17, 15) is 0 Å². The largest absolute Gasteiger partial charge is 0.461 e. The third-order valence-electron chi connectivity index (χ3n) is 3.67. The van der Waals surface area contributed by atoms with E-state index in [1.165, 1.54) is 6.42 Å². The molecule has 8 heteroatoms. The molecule has 7 nitrogen and oxygen atoms in total. The second kappa shape index (κ2) is 8.32. The summed E-state index contributed by atoms with van der Waals surface area (Å²) in [6.45, 7) is 5.83. The number of H-pyrrole nitrogens is 1. The van der Waals surface area contributed by atoms with E-state index in [0.29, 0.717) is 30.6 Å². The van der Waals surface area contributed by atoms with Crippen molar-refractivity contribution >= 4 is 29.9 Å². The number of aromatic amines is 1. The molecule has 0 saturated heterocycles. The highest BCUT2D eigenvalue weighted by Gasteiger charge is 2.33. The highest BCUT2D eigenvalue weighted by atomic mass is 127. The maximum atomic E-state index is 5.28. The zero-order chi connectivity index (χ0) is 15.4. The number of hydrogen-bond acceptors (Lipinski definition) is 4. The molecule has 0 amide bonds. The van der Waals surface area contributed by atoms with Crippen LogP contribution in [0.25, 0.3) is 11.6 Å². The second-order valence-corrected chi connectivity index (χ2v) is 5.56. The quantitative estimate of drug-likeness (QED) is 0.371. The van der Waals surface area contributed by atoms with Crippen LogP contribution in [0.1, 0.15) is 26.1 Å². The van der Waals surface area contributed by atoms with Gasteiger partial charge in [0.05, 0.1) is 6.26 Å². The van der Waals surface area contributed by atoms with Crippen molar-refractivity contribution in [1.82, 2.24) is 25.8 Å². The summed E-state index contributed by atoms with van der Waals surface area (Å²) in [5.41, 5.74) is 0. The molecule has 0 radical (unpaired) electrons. The average molecular weight is 430 g/mol. The van der Waals surface area contributed by atoms with Crippen molar-refractivity contribution in [1.29, 1.82) is 0 Å². The molecule has 2 heterocycles. The van der Waals surface area contributed by atoms with E-state index in [1.54, 1.807) is 6.26 Å². The van der Waals surface area contributed by atoms with Gasteiger partial charge in [0, 0.05) is 25.6 Å². The molecule has 0 aromatic carbocycles. The van der Waals surface area contributed by atoms with E-state index in [0.717, 1.165) is 24.2 Å². The Hall–Kier alpha value is -1.58. The molecular formula is C15H23IN6O. The minimum absolute atomic E-state index is 0. The van der Waals surface area contributed by atoms with Gasteiger partial charge in [0.1, 0.15) is 5.82 Å². The van der Waals surface area contributed by atoms with E-state index in [-0.39, 0.29) is 24.0 Å². The number of guanidine groups is 1. The molecular weight excluding hydrogens is 407 g/mol. The van der Waals surface area contributed by atoms with Gasteiger partial charge < -0.3 is 15.1 Å². The normalized spacial score (nSPS) is 20.0. The monoisotopic (exact) mass is 430 g/mol. The molecule has 1 aliphatic carbocycles. The molecule has 1 aliphatic rings. The highest BCUT2D eigenvalue weighted by Crippen LogP contribution is 2.28. The van der Waals surface area contributed by atoms with Crippen molar-refractivity contribution in [3.8, 4) is 11.6 Å². The van der Waals surface area contributed by atoms with Crippen LogP contribution < -0.4 is 10.6 Å². The van der Waals surface area contributed by atoms with Crippen LogP contribution in [0, 0.1) is 5.92 Å². The Bertz CT molecular complexity index is 624. The molecule has 2 aromatic heterocycles. The smallest absolute Gasteiger partial charge is 0.216 e. The van der Waals surface area contributed by atoms with E-state index in [2.05, 4.69) is 44.7 Å². The van der Waals surface area contributed by atoms with Crippen LogP contribution >= 0.6 is 24.0 Å². The van der Waals surface area contributed by atoms with Crippen LogP contribution in [0.15, 0.2) is 27.8 Å². The van der Waals surface area contributed by atoms with Gasteiger partial charge in [-0.1, -0.05) is 6.92 Å². The first-order chi connectivity index (χ1) is 10.8. The van der Waals surface area contributed by atoms with E-state index >= 15 is 0 Å². The second-order valence-electron chi connectivity index (χ2n) is 5.56. The Labute approximate surface area is 152 Å². The number of aromatic nitrogens is 3. The highest BCUT2D eigenvalue weighted by molar-refractivity contribution is 14.0. The molecule has 2 atom stereocenters. The Morgan fingerprint density at radius 3 is 3.00 bits per heavy atom. The van der Waals surface area contributed by atoms with E-state index in [1.807, 2.05) is 12.1 Å². The first kappa shape index (κ1) is 17.8. The molecule has 2 unspecified atom stereocenters. The predicted octanol–water partition coefficient (Wildman–Crippen LogP) is 2.19. The molecule has 0 spiro atoms. The first-order valence-electron chi connectivity index (χ1n) is 7.76. The Balaban J connectivity index is 0.00000192. The van der Waals surface area contributed by atoms with Crippen molar-refractivity contribution < 1.29 is 4.42 Å². The Kier molecular flexibility index (Phi) is 6.43. The topological polar surface area (TPSA) is 91.1 Å². The standard InChI is InChI=1S/C15H22N6O.HI/c1-3-16-15(18-11-9-10(11)2)17-7-6-13-19-14(21-20-13)12-5-4-8-22-12;/h4-5,8,10-11H,3,6-7,9H2,1-2H3,(H2,16,17,18)(H,19,20,21);1H. The van der Waals surface area contributed by atoms with Crippen molar-refractivity contribution in [2.75, 3.05) is 13.1 Å². The van der Waals surface area contributed by atoms with Crippen molar-refractivity contribution in [3.63, 3.8) is 0 Å². The van der Waals surface area contributed by atoms with Crippen molar-refractivity contribution in [2.45, 2.75) is 32.7 Å². The summed E-state index contributed by atoms with van der Waals surface area (Å²) >= 11 is 0. The van der Waals surface area contributed by atoms with Crippen LogP contribution in [-0.2, 0) is 6.42 Å². The van der Waals surface area contributed by atoms with Crippen LogP contribution in [0.5, 0.6) is 0 Å². The zero-order valence-corrected chi connectivity index (χ0v) is 15.7. The van der Waals surface area contributed by atoms with Gasteiger partial charge in [-0.2, -0.15) is 5.10 Å². The SMILES string of the molecule is CCNC(=NCCc1nc(-c2ccco2)n[nH]1)NC1CC1C.I. The lowest BCUT2D eigenvalue weighted by atomic mass is 10.4. The van der Waals surface area contributed by atoms with Gasteiger partial charge in [-0.05, 0) is 31.4 Å². The molecule has 3 rings (SSSR count). The minimum Gasteiger partial charge on any atom is -0.461 e. The number of aliphatic imine (C=N–C) groups is 1. The first-order valence-corrected chi connectivity index (χ1v) is 7.76. The number of rotatable bonds is 6. The third kappa shape index (κ3) is 4.95. The summed E-state index contributed by atoms with van der Waals surface area (Å²) in [6.07, 6.45) is 3.55. The summed E-state index contributed by atoms with van der Waals surface area (Å²) in [5, 5.41) is 13.8. The minimum atomic E-state index is 0. The zero-order valence-electron chi connectivity index (χ0n) is 13.4. The Morgan fingerprint density at radius 1 is 1.52 bits per heavy atom. The molecule has 1 fully saturated rings. The fourth-order valence-electron chi connectivity index (χ4n) is 2.22. The summed E-state index contributed by atoms with van der Waals surface area (Å²) in [7, 11) is 0. The van der Waals surface area contributed by atoms with Gasteiger partial charge >= 0.3 is 0 Å². The number of furan rings is 1. The molecule has 126 valence electrons. The number of nitrogens with one attached hydrogen (secondary N) is 3. The number of halogens is 1. The predicted molar refractivity (Wildman–Crippen MR) is 99.9 cm³/mol. The maximum Gasteiger partial charge on any atom is 0.216 e. The van der Waals surface area contributed by atoms with Gasteiger partial charge in [0.15, 0.2) is 11.7 Å². The van der Waals surface area contributed by atoms with E-state index < -0.39 is 0 Å². The van der Waals surface area contributed by atoms with Gasteiger partial charge in [0.25, 0.3) is 0 Å². The van der Waals surface area contributed by atoms with Crippen molar-refractivity contribution in [2.24, 2.45) is 10.9 Å². The van der Waals surface area contributed by atoms with Gasteiger partial charge in [-0.3, -0.25) is 10.1 Å². The lowest BCUT2D eigenvalue weighted by molar-refractivity contribution is 0.577. The molecule has 2 aromatic rings. The van der Waals surface area contributed by atoms with Crippen molar-refractivity contribution in [3.05, 3.63) is 24.2 Å². The molecule has 3 N–H and O–H groups in total. The molecule has 23 heavy (non-hydrogen) atoms. The summed E-state index contributed by atoms with van der Waals surface area (Å²) < 4.78 is 5.28. The van der Waals surface area contributed by atoms with Crippen LogP contribution in [0.4, 0.5) is 0 Å². The lowest BCUT2D eigenvalue weighted by Gasteiger charge is -2.10. The van der Waals surface area contributed by atoms with Crippen LogP contribution in [0.3, 0.4) is 0 Å². The Morgan fingerprint density at radius 2 is 2.35 bits per heavy atom. The number of nitrogens with zero attached hydrogens (tertiary/aromatic N) is 3. The maximum absolute atomic E-state index is 5.28. The molecule has 0 aliphatic heterocycles. The summed E-state index contributed by atoms with van der Waals surface area (Å²) in [6, 6.07) is 4.23. The average Bonchev–Trinajstić information content (AvgIpc) is 2.94. The van der Waals surface area contributed by atoms with Gasteiger partial charge in [-0.25, -0.2) is 4.98 Å².